The number of nitrogens with zero attached hydrogens (tertiary/aromatic N) is 1. The number of aliphatic carboxylic acids is 1. The monoisotopic (exact) mass is 216 g/mol. The Bertz CT molecular complexity index is 227. The minimum absolute atomic E-state index is 0.0690. The second-order valence-corrected chi connectivity index (χ2v) is 4.41. The second kappa shape index (κ2) is 4.92. The van der Waals surface area contributed by atoms with Gasteiger partial charge < -0.3 is 15.5 Å². The number of carboxylic acid groups (broad SMARTS) is 1. The summed E-state index contributed by atoms with van der Waals surface area (Å²) in [5.41, 5.74) is -0.303. The van der Waals surface area contributed by atoms with E-state index >= 15 is 0 Å². The Morgan fingerprint density at radius 3 is 2.40 bits per heavy atom. The van der Waals surface area contributed by atoms with Crippen molar-refractivity contribution in [3.05, 3.63) is 0 Å². The molecule has 1 saturated heterocycles. The maximum absolute atomic E-state index is 10.8. The molecule has 88 valence electrons. The summed E-state index contributed by atoms with van der Waals surface area (Å²) in [4.78, 5) is 12.9. The highest BCUT2D eigenvalue weighted by molar-refractivity contribution is 5.68. The Morgan fingerprint density at radius 2 is 2.13 bits per heavy atom. The van der Waals surface area contributed by atoms with Gasteiger partial charge in [0.05, 0.1) is 18.6 Å². The van der Waals surface area contributed by atoms with Crippen molar-refractivity contribution in [3.8, 4) is 0 Å². The normalized spacial score (nSPS) is 19.3. The predicted octanol–water partition coefficient (Wildman–Crippen LogP) is -0.494. The van der Waals surface area contributed by atoms with Crippen LogP contribution in [0.25, 0.3) is 0 Å². The molecule has 0 spiro atoms. The standard InChI is InChI=1S/C10H20N2O3/c1-8(2)12(3-4-13)10(5-9(14)15)6-11-7-10/h8,11,13H,3-7H2,1-2H3,(H,14,15). The van der Waals surface area contributed by atoms with E-state index in [4.69, 9.17) is 10.2 Å². The number of carboxylic acids is 1. The van der Waals surface area contributed by atoms with Crippen LogP contribution >= 0.6 is 0 Å². The molecule has 0 unspecified atom stereocenters. The van der Waals surface area contributed by atoms with Crippen molar-refractivity contribution in [2.45, 2.75) is 31.8 Å². The lowest BCUT2D eigenvalue weighted by molar-refractivity contribution is -0.142. The summed E-state index contributed by atoms with van der Waals surface area (Å²) in [5, 5.41) is 21.0. The van der Waals surface area contributed by atoms with Gasteiger partial charge in [-0.25, -0.2) is 0 Å². The fraction of sp³-hybridized carbons (Fsp3) is 0.900. The maximum Gasteiger partial charge on any atom is 0.305 e. The molecule has 0 aromatic rings. The van der Waals surface area contributed by atoms with Crippen LogP contribution in [0.5, 0.6) is 0 Å². The molecule has 1 fully saturated rings. The minimum atomic E-state index is -0.778. The second-order valence-electron chi connectivity index (χ2n) is 4.41. The van der Waals surface area contributed by atoms with Gasteiger partial charge in [0.2, 0.25) is 0 Å². The van der Waals surface area contributed by atoms with Crippen LogP contribution in [0, 0.1) is 0 Å². The number of hydrogen-bond donors (Lipinski definition) is 3. The third kappa shape index (κ3) is 2.68. The molecular formula is C10H20N2O3. The number of hydrogen-bond acceptors (Lipinski definition) is 4. The molecule has 0 bridgehead atoms. The largest absolute Gasteiger partial charge is 0.481 e. The Kier molecular flexibility index (Phi) is 4.07. The average molecular weight is 216 g/mol. The molecule has 1 rings (SSSR count). The van der Waals surface area contributed by atoms with E-state index in [1.54, 1.807) is 0 Å². The summed E-state index contributed by atoms with van der Waals surface area (Å²) in [6, 6.07) is 0.249. The molecule has 0 amide bonds. The van der Waals surface area contributed by atoms with Crippen LogP contribution in [0.15, 0.2) is 0 Å². The van der Waals surface area contributed by atoms with E-state index in [0.29, 0.717) is 19.6 Å². The number of rotatable bonds is 6. The highest BCUT2D eigenvalue weighted by Crippen LogP contribution is 2.26. The third-order valence-corrected chi connectivity index (χ3v) is 2.96. The zero-order chi connectivity index (χ0) is 11.5. The Balaban J connectivity index is 2.72. The van der Waals surface area contributed by atoms with E-state index in [2.05, 4.69) is 10.2 Å². The number of aliphatic hydroxyl groups is 1. The van der Waals surface area contributed by atoms with E-state index in [-0.39, 0.29) is 24.6 Å². The summed E-state index contributed by atoms with van der Waals surface area (Å²) in [6.07, 6.45) is 0.137. The van der Waals surface area contributed by atoms with Gasteiger partial charge in [-0.2, -0.15) is 0 Å². The maximum atomic E-state index is 10.8. The minimum Gasteiger partial charge on any atom is -0.481 e. The van der Waals surface area contributed by atoms with Crippen LogP contribution in [-0.2, 0) is 4.79 Å². The van der Waals surface area contributed by atoms with Gasteiger partial charge in [-0.05, 0) is 13.8 Å². The SMILES string of the molecule is CC(C)N(CCO)C1(CC(=O)O)CNC1. The van der Waals surface area contributed by atoms with E-state index in [9.17, 15) is 4.79 Å². The Labute approximate surface area is 90.1 Å². The molecule has 0 radical (unpaired) electrons. The van der Waals surface area contributed by atoms with Crippen LogP contribution in [0.4, 0.5) is 0 Å². The van der Waals surface area contributed by atoms with Crippen LogP contribution in [-0.4, -0.2) is 58.9 Å². The molecule has 5 heteroatoms. The smallest absolute Gasteiger partial charge is 0.305 e. The van der Waals surface area contributed by atoms with Crippen molar-refractivity contribution in [1.29, 1.82) is 0 Å². The van der Waals surface area contributed by atoms with Crippen molar-refractivity contribution in [1.82, 2.24) is 10.2 Å². The molecular weight excluding hydrogens is 196 g/mol. The third-order valence-electron chi connectivity index (χ3n) is 2.96. The zero-order valence-electron chi connectivity index (χ0n) is 9.36. The topological polar surface area (TPSA) is 72.8 Å². The highest BCUT2D eigenvalue weighted by Gasteiger charge is 2.44. The number of carbonyl (C=O) groups is 1. The quantitative estimate of drug-likeness (QED) is 0.558. The van der Waals surface area contributed by atoms with Crippen molar-refractivity contribution in [2.75, 3.05) is 26.2 Å². The Hall–Kier alpha value is -0.650. The van der Waals surface area contributed by atoms with Crippen LogP contribution < -0.4 is 5.32 Å². The first kappa shape index (κ1) is 12.4. The van der Waals surface area contributed by atoms with E-state index in [1.165, 1.54) is 0 Å². The molecule has 0 aromatic heterocycles. The van der Waals surface area contributed by atoms with Crippen molar-refractivity contribution in [2.24, 2.45) is 0 Å². The first-order valence-electron chi connectivity index (χ1n) is 5.32. The van der Waals surface area contributed by atoms with Gasteiger partial charge in [0.1, 0.15) is 0 Å². The van der Waals surface area contributed by atoms with Crippen molar-refractivity contribution in [3.63, 3.8) is 0 Å². The van der Waals surface area contributed by atoms with Gasteiger partial charge in [0.25, 0.3) is 0 Å². The molecule has 0 saturated carbocycles. The molecule has 5 nitrogen and oxygen atoms in total. The molecule has 0 atom stereocenters. The van der Waals surface area contributed by atoms with Gasteiger partial charge in [0, 0.05) is 25.7 Å². The van der Waals surface area contributed by atoms with Gasteiger partial charge in [0.15, 0.2) is 0 Å². The van der Waals surface area contributed by atoms with Gasteiger partial charge in [-0.1, -0.05) is 0 Å². The van der Waals surface area contributed by atoms with Crippen LogP contribution in [0.2, 0.25) is 0 Å². The van der Waals surface area contributed by atoms with Gasteiger partial charge in [-0.15, -0.1) is 0 Å². The molecule has 3 N–H and O–H groups in total. The van der Waals surface area contributed by atoms with Crippen molar-refractivity contribution < 1.29 is 15.0 Å². The summed E-state index contributed by atoms with van der Waals surface area (Å²) in [6.45, 7) is 6.04. The number of aliphatic hydroxyl groups excluding tert-OH is 1. The zero-order valence-corrected chi connectivity index (χ0v) is 9.36. The van der Waals surface area contributed by atoms with Crippen molar-refractivity contribution >= 4 is 5.97 Å². The number of nitrogens with one attached hydrogen (secondary N) is 1. The molecule has 15 heavy (non-hydrogen) atoms. The fourth-order valence-corrected chi connectivity index (χ4v) is 2.28. The molecule has 1 aliphatic heterocycles. The molecule has 1 aliphatic rings. The van der Waals surface area contributed by atoms with Gasteiger partial charge >= 0.3 is 5.97 Å². The average Bonchev–Trinajstić information content (AvgIpc) is 2.07. The lowest BCUT2D eigenvalue weighted by Gasteiger charge is -2.51. The summed E-state index contributed by atoms with van der Waals surface area (Å²) >= 11 is 0. The fourth-order valence-electron chi connectivity index (χ4n) is 2.28. The first-order chi connectivity index (χ1) is 7.02. The lowest BCUT2D eigenvalue weighted by Crippen LogP contribution is -2.71. The highest BCUT2D eigenvalue weighted by atomic mass is 16.4. The summed E-state index contributed by atoms with van der Waals surface area (Å²) in [5.74, 6) is -0.778. The van der Waals surface area contributed by atoms with E-state index in [0.717, 1.165) is 0 Å². The summed E-state index contributed by atoms with van der Waals surface area (Å²) < 4.78 is 0. The van der Waals surface area contributed by atoms with Crippen LogP contribution in [0.1, 0.15) is 20.3 Å². The van der Waals surface area contributed by atoms with E-state index in [1.807, 2.05) is 13.8 Å². The first-order valence-corrected chi connectivity index (χ1v) is 5.32. The molecule has 0 aliphatic carbocycles. The summed E-state index contributed by atoms with van der Waals surface area (Å²) in [7, 11) is 0. The lowest BCUT2D eigenvalue weighted by atomic mass is 9.85. The van der Waals surface area contributed by atoms with Gasteiger partial charge in [-0.3, -0.25) is 9.69 Å². The Morgan fingerprint density at radius 1 is 1.53 bits per heavy atom. The van der Waals surface area contributed by atoms with Crippen LogP contribution in [0.3, 0.4) is 0 Å². The number of β-amino-alcohol motifs (C(OH)–C–C–N with tert-alkyl or cyclic N) is 1. The molecule has 1 heterocycles. The molecule has 0 aromatic carbocycles. The predicted molar refractivity (Wildman–Crippen MR) is 56.8 cm³/mol. The van der Waals surface area contributed by atoms with E-state index < -0.39 is 5.97 Å².